The molecule has 0 unspecified atom stereocenters. The summed E-state index contributed by atoms with van der Waals surface area (Å²) >= 11 is 0. The van der Waals surface area contributed by atoms with E-state index in [0.717, 1.165) is 48.8 Å². The lowest BCUT2D eigenvalue weighted by Gasteiger charge is -2.47. The maximum Gasteiger partial charge on any atom is 0.249 e. The molecule has 1 aromatic carbocycles. The van der Waals surface area contributed by atoms with Crippen LogP contribution in [0.15, 0.2) is 53.4 Å². The molecule has 1 spiro atoms. The fraction of sp³-hybridized carbons (Fsp3) is 0.545. The number of nitrogens with one attached hydrogen (secondary N) is 2. The summed E-state index contributed by atoms with van der Waals surface area (Å²) in [6.07, 6.45) is 8.89. The van der Waals surface area contributed by atoms with E-state index in [4.69, 9.17) is 18.9 Å². The van der Waals surface area contributed by atoms with Gasteiger partial charge < -0.3 is 29.6 Å². The SMILES string of the molecule is CO[C@H](C)C(=O)N[C@@H](Cc1cccc(-c2ncco2)c1)[C@H](O)CN[C@H]1CC2(CCC2)Oc2ncc(CC(C)(C)C)cc21. The van der Waals surface area contributed by atoms with Crippen molar-refractivity contribution in [2.75, 3.05) is 13.7 Å². The van der Waals surface area contributed by atoms with Crippen LogP contribution in [0, 0.1) is 5.41 Å². The summed E-state index contributed by atoms with van der Waals surface area (Å²) in [6.45, 7) is 8.64. The third-order valence-corrected chi connectivity index (χ3v) is 8.35. The molecule has 1 aliphatic carbocycles. The molecule has 1 saturated carbocycles. The lowest BCUT2D eigenvalue weighted by atomic mass is 9.73. The van der Waals surface area contributed by atoms with Gasteiger partial charge in [0.25, 0.3) is 0 Å². The van der Waals surface area contributed by atoms with Crippen LogP contribution < -0.4 is 15.4 Å². The predicted octanol–water partition coefficient (Wildman–Crippen LogP) is 4.78. The number of methoxy groups -OCH3 is 1. The molecule has 3 N–H and O–H groups in total. The first-order valence-corrected chi connectivity index (χ1v) is 15.0. The van der Waals surface area contributed by atoms with Crippen LogP contribution in [0.5, 0.6) is 5.88 Å². The lowest BCUT2D eigenvalue weighted by molar-refractivity contribution is -0.131. The average Bonchev–Trinajstić information content (AvgIpc) is 3.48. The molecule has 0 radical (unpaired) electrons. The smallest absolute Gasteiger partial charge is 0.249 e. The Morgan fingerprint density at radius 3 is 2.69 bits per heavy atom. The summed E-state index contributed by atoms with van der Waals surface area (Å²) in [7, 11) is 1.50. The van der Waals surface area contributed by atoms with E-state index >= 15 is 0 Å². The second kappa shape index (κ2) is 12.5. The number of fused-ring (bicyclic) bond motifs is 1. The fourth-order valence-corrected chi connectivity index (χ4v) is 5.89. The first-order valence-electron chi connectivity index (χ1n) is 15.0. The molecule has 2 aliphatic rings. The zero-order chi connectivity index (χ0) is 29.9. The van der Waals surface area contributed by atoms with Crippen molar-refractivity contribution >= 4 is 5.91 Å². The molecular formula is C33H44N4O5. The molecule has 9 nitrogen and oxygen atoms in total. The highest BCUT2D eigenvalue weighted by Crippen LogP contribution is 2.48. The van der Waals surface area contributed by atoms with Crippen molar-refractivity contribution in [3.05, 3.63) is 65.7 Å². The Morgan fingerprint density at radius 2 is 2.02 bits per heavy atom. The molecule has 226 valence electrons. The van der Waals surface area contributed by atoms with Crippen LogP contribution in [0.1, 0.15) is 76.1 Å². The Balaban J connectivity index is 1.34. The van der Waals surface area contributed by atoms with E-state index in [1.807, 2.05) is 30.5 Å². The molecule has 0 saturated heterocycles. The van der Waals surface area contributed by atoms with Gasteiger partial charge in [0.1, 0.15) is 18.0 Å². The standard InChI is InChI=1S/C33H44N4O5/c1-21(40-5)29(39)37-26(16-22-8-6-9-24(14-22)30-34-12-13-41-30)28(38)20-35-27-18-33(10-7-11-33)42-31-25(27)15-23(19-36-31)17-32(2,3)4/h6,8-9,12-15,19,21,26-28,35,38H,7,10-11,16-18,20H2,1-5H3,(H,37,39)/t21-,26+,27+,28-/m1/s1. The number of nitrogens with zero attached hydrogens (tertiary/aromatic N) is 2. The summed E-state index contributed by atoms with van der Waals surface area (Å²) in [5, 5.41) is 18.2. The topological polar surface area (TPSA) is 119 Å². The molecule has 9 heteroatoms. The third-order valence-electron chi connectivity index (χ3n) is 8.35. The van der Waals surface area contributed by atoms with Crippen LogP contribution in [-0.2, 0) is 22.4 Å². The predicted molar refractivity (Wildman–Crippen MR) is 160 cm³/mol. The van der Waals surface area contributed by atoms with E-state index in [1.165, 1.54) is 18.9 Å². The van der Waals surface area contributed by atoms with E-state index in [0.29, 0.717) is 18.2 Å². The maximum absolute atomic E-state index is 12.9. The van der Waals surface area contributed by atoms with Gasteiger partial charge in [0.2, 0.25) is 17.7 Å². The number of amides is 1. The van der Waals surface area contributed by atoms with Gasteiger partial charge in [-0.3, -0.25) is 4.79 Å². The molecule has 1 fully saturated rings. The normalized spacial score (nSPS) is 19.7. The lowest BCUT2D eigenvalue weighted by Crippen LogP contribution is -2.53. The van der Waals surface area contributed by atoms with Crippen molar-refractivity contribution in [3.63, 3.8) is 0 Å². The van der Waals surface area contributed by atoms with Crippen LogP contribution >= 0.6 is 0 Å². The van der Waals surface area contributed by atoms with Crippen molar-refractivity contribution in [3.8, 4) is 17.3 Å². The highest BCUT2D eigenvalue weighted by molar-refractivity contribution is 5.80. The monoisotopic (exact) mass is 576 g/mol. The van der Waals surface area contributed by atoms with Crippen molar-refractivity contribution < 1.29 is 23.8 Å². The van der Waals surface area contributed by atoms with Gasteiger partial charge in [-0.25, -0.2) is 9.97 Å². The molecule has 5 rings (SSSR count). The van der Waals surface area contributed by atoms with Crippen molar-refractivity contribution in [2.24, 2.45) is 5.41 Å². The second-order valence-electron chi connectivity index (χ2n) is 13.1. The summed E-state index contributed by atoms with van der Waals surface area (Å²) in [4.78, 5) is 21.9. The van der Waals surface area contributed by atoms with Gasteiger partial charge in [-0.2, -0.15) is 0 Å². The largest absolute Gasteiger partial charge is 0.471 e. The van der Waals surface area contributed by atoms with Crippen LogP contribution in [0.3, 0.4) is 0 Å². The fourth-order valence-electron chi connectivity index (χ4n) is 5.89. The molecule has 0 bridgehead atoms. The van der Waals surface area contributed by atoms with E-state index in [9.17, 15) is 9.90 Å². The Hall–Kier alpha value is -3.27. The summed E-state index contributed by atoms with van der Waals surface area (Å²) in [5.41, 5.74) is 3.93. The third kappa shape index (κ3) is 7.19. The number of oxazole rings is 1. The molecule has 3 heterocycles. The summed E-state index contributed by atoms with van der Waals surface area (Å²) in [6, 6.07) is 9.44. The highest BCUT2D eigenvalue weighted by atomic mass is 16.5. The van der Waals surface area contributed by atoms with Gasteiger partial charge in [0.05, 0.1) is 18.3 Å². The van der Waals surface area contributed by atoms with E-state index < -0.39 is 18.2 Å². The second-order valence-corrected chi connectivity index (χ2v) is 13.1. The van der Waals surface area contributed by atoms with Gasteiger partial charge in [0, 0.05) is 43.4 Å². The Labute approximate surface area is 248 Å². The minimum atomic E-state index is -0.863. The number of hydrogen-bond acceptors (Lipinski definition) is 8. The van der Waals surface area contributed by atoms with Crippen LogP contribution in [0.2, 0.25) is 0 Å². The molecule has 3 aromatic rings. The van der Waals surface area contributed by atoms with Gasteiger partial charge in [-0.05, 0) is 73.8 Å². The Kier molecular flexibility index (Phi) is 9.01. The molecule has 1 amide bonds. The number of pyridine rings is 1. The molecule has 4 atom stereocenters. The zero-order valence-electron chi connectivity index (χ0n) is 25.4. The first kappa shape index (κ1) is 30.2. The summed E-state index contributed by atoms with van der Waals surface area (Å²) in [5.74, 6) is 0.939. The van der Waals surface area contributed by atoms with Gasteiger partial charge in [-0.1, -0.05) is 32.9 Å². The molecule has 2 aromatic heterocycles. The number of carbonyl (C=O) groups excluding carboxylic acids is 1. The molecule has 1 aliphatic heterocycles. The maximum atomic E-state index is 12.9. The number of ether oxygens (including phenoxy) is 2. The first-order chi connectivity index (χ1) is 20.0. The van der Waals surface area contributed by atoms with Crippen LogP contribution in [0.4, 0.5) is 0 Å². The van der Waals surface area contributed by atoms with E-state index in [1.54, 1.807) is 13.1 Å². The van der Waals surface area contributed by atoms with Crippen molar-refractivity contribution in [2.45, 2.75) is 96.1 Å². The minimum absolute atomic E-state index is 0.0151. The average molecular weight is 577 g/mol. The van der Waals surface area contributed by atoms with Gasteiger partial charge >= 0.3 is 0 Å². The van der Waals surface area contributed by atoms with Crippen LogP contribution in [0.25, 0.3) is 11.5 Å². The number of aromatic nitrogens is 2. The highest BCUT2D eigenvalue weighted by Gasteiger charge is 2.46. The number of rotatable bonds is 11. The van der Waals surface area contributed by atoms with Gasteiger partial charge in [-0.15, -0.1) is 0 Å². The van der Waals surface area contributed by atoms with E-state index in [-0.39, 0.29) is 29.5 Å². The number of hydrogen-bond donors (Lipinski definition) is 3. The summed E-state index contributed by atoms with van der Waals surface area (Å²) < 4.78 is 17.1. The number of aliphatic hydroxyl groups is 1. The number of carbonyl (C=O) groups is 1. The Morgan fingerprint density at radius 1 is 1.21 bits per heavy atom. The molecular weight excluding hydrogens is 532 g/mol. The van der Waals surface area contributed by atoms with Crippen molar-refractivity contribution in [1.29, 1.82) is 0 Å². The van der Waals surface area contributed by atoms with Gasteiger partial charge in [0.15, 0.2) is 0 Å². The van der Waals surface area contributed by atoms with Crippen LogP contribution in [-0.4, -0.2) is 58.5 Å². The van der Waals surface area contributed by atoms with Crippen molar-refractivity contribution in [1.82, 2.24) is 20.6 Å². The quantitative estimate of drug-likeness (QED) is 0.298. The number of aliphatic hydroxyl groups excluding tert-OH is 1. The Bertz CT molecular complexity index is 1350. The zero-order valence-corrected chi connectivity index (χ0v) is 25.4. The van der Waals surface area contributed by atoms with E-state index in [2.05, 4.69) is 42.5 Å². The molecule has 42 heavy (non-hydrogen) atoms. The number of benzene rings is 1. The minimum Gasteiger partial charge on any atom is -0.471 e.